The molecule has 2 aromatic rings. The topological polar surface area (TPSA) is 47.9 Å². The summed E-state index contributed by atoms with van der Waals surface area (Å²) in [5.74, 6) is 0. The Bertz CT molecular complexity index is 438. The van der Waals surface area contributed by atoms with Crippen molar-refractivity contribution in [3.63, 3.8) is 0 Å². The Kier molecular flexibility index (Phi) is 2.91. The number of thiazole rings is 1. The lowest BCUT2D eigenvalue weighted by atomic mass is 10.3. The molecule has 0 saturated carbocycles. The molecule has 2 aromatic heterocycles. The van der Waals surface area contributed by atoms with E-state index in [-0.39, 0.29) is 0 Å². The number of rotatable bonds is 3. The van der Waals surface area contributed by atoms with Crippen molar-refractivity contribution in [1.29, 1.82) is 0 Å². The van der Waals surface area contributed by atoms with E-state index in [0.717, 1.165) is 16.3 Å². The molecule has 0 spiro atoms. The van der Waals surface area contributed by atoms with E-state index in [9.17, 15) is 0 Å². The minimum absolute atomic E-state index is 0.410. The monoisotopic (exact) mass is 221 g/mol. The fourth-order valence-corrected chi connectivity index (χ4v) is 1.77. The van der Waals surface area contributed by atoms with Crippen LogP contribution in [-0.2, 0) is 0 Å². The summed E-state index contributed by atoms with van der Waals surface area (Å²) in [6, 6.07) is 0.410. The van der Waals surface area contributed by atoms with Gasteiger partial charge in [0, 0.05) is 23.3 Å². The van der Waals surface area contributed by atoms with Crippen LogP contribution in [0.15, 0.2) is 17.8 Å². The molecule has 5 heteroatoms. The van der Waals surface area contributed by atoms with Gasteiger partial charge in [-0.05, 0) is 13.8 Å². The molecule has 0 aliphatic rings. The van der Waals surface area contributed by atoms with Crippen molar-refractivity contribution in [2.45, 2.75) is 13.8 Å². The van der Waals surface area contributed by atoms with Gasteiger partial charge in [-0.15, -0.1) is 11.3 Å². The Balaban J connectivity index is 2.23. The highest BCUT2D eigenvalue weighted by atomic mass is 32.1. The van der Waals surface area contributed by atoms with Gasteiger partial charge in [-0.2, -0.15) is 0 Å². The van der Waals surface area contributed by atoms with Gasteiger partial charge < -0.3 is 4.74 Å². The highest BCUT2D eigenvalue weighted by Gasteiger charge is 2.03. The highest BCUT2D eigenvalue weighted by Crippen LogP contribution is 2.20. The van der Waals surface area contributed by atoms with E-state index in [1.807, 2.05) is 19.2 Å². The minimum Gasteiger partial charge on any atom is -0.464 e. The van der Waals surface area contributed by atoms with Crippen molar-refractivity contribution in [3.05, 3.63) is 22.8 Å². The molecule has 2 heterocycles. The van der Waals surface area contributed by atoms with Gasteiger partial charge in [0.2, 0.25) is 0 Å². The minimum atomic E-state index is 0.410. The molecule has 0 amide bonds. The first kappa shape index (κ1) is 10.0. The van der Waals surface area contributed by atoms with Gasteiger partial charge in [0.1, 0.15) is 0 Å². The molecule has 0 aromatic carbocycles. The quantitative estimate of drug-likeness (QED) is 0.798. The predicted molar refractivity (Wildman–Crippen MR) is 59.0 cm³/mol. The molecule has 0 aliphatic carbocycles. The highest BCUT2D eigenvalue weighted by molar-refractivity contribution is 7.09. The van der Waals surface area contributed by atoms with E-state index >= 15 is 0 Å². The maximum Gasteiger partial charge on any atom is 0.316 e. The average Bonchev–Trinajstić information content (AvgIpc) is 2.67. The second-order valence-electron chi connectivity index (χ2n) is 2.94. The van der Waals surface area contributed by atoms with Crippen LogP contribution in [0.25, 0.3) is 11.3 Å². The van der Waals surface area contributed by atoms with Crippen LogP contribution in [0.1, 0.15) is 11.9 Å². The van der Waals surface area contributed by atoms with E-state index in [4.69, 9.17) is 4.74 Å². The number of hydrogen-bond donors (Lipinski definition) is 0. The lowest BCUT2D eigenvalue weighted by molar-refractivity contribution is 0.312. The number of aryl methyl sites for hydroxylation is 1. The van der Waals surface area contributed by atoms with E-state index in [1.165, 1.54) is 0 Å². The maximum absolute atomic E-state index is 5.16. The zero-order valence-corrected chi connectivity index (χ0v) is 9.41. The SMILES string of the molecule is CCOc1ncc(-c2csc(C)n2)cn1. The fourth-order valence-electron chi connectivity index (χ4n) is 1.15. The van der Waals surface area contributed by atoms with E-state index in [2.05, 4.69) is 15.0 Å². The molecular weight excluding hydrogens is 210 g/mol. The lowest BCUT2D eigenvalue weighted by Gasteiger charge is -2.00. The molecule has 0 aliphatic heterocycles. The summed E-state index contributed by atoms with van der Waals surface area (Å²) in [5.41, 5.74) is 1.84. The summed E-state index contributed by atoms with van der Waals surface area (Å²) >= 11 is 1.62. The molecule has 0 bridgehead atoms. The fraction of sp³-hybridized carbons (Fsp3) is 0.300. The standard InChI is InChI=1S/C10H11N3OS/c1-3-14-10-11-4-8(5-12-10)9-6-15-7(2)13-9/h4-6H,3H2,1-2H3. The van der Waals surface area contributed by atoms with Gasteiger partial charge >= 0.3 is 6.01 Å². The third kappa shape index (κ3) is 2.30. The third-order valence-electron chi connectivity index (χ3n) is 1.82. The molecule has 0 radical (unpaired) electrons. The summed E-state index contributed by atoms with van der Waals surface area (Å²) in [7, 11) is 0. The second-order valence-corrected chi connectivity index (χ2v) is 4.00. The van der Waals surface area contributed by atoms with Crippen molar-refractivity contribution in [3.8, 4) is 17.3 Å². The van der Waals surface area contributed by atoms with Gasteiger partial charge in [0.05, 0.1) is 17.3 Å². The molecule has 2 rings (SSSR count). The summed E-state index contributed by atoms with van der Waals surface area (Å²) in [4.78, 5) is 12.5. The smallest absolute Gasteiger partial charge is 0.316 e. The Morgan fingerprint density at radius 3 is 2.60 bits per heavy atom. The third-order valence-corrected chi connectivity index (χ3v) is 2.59. The Labute approximate surface area is 92.0 Å². The van der Waals surface area contributed by atoms with Crippen LogP contribution in [0.5, 0.6) is 6.01 Å². The molecule has 4 nitrogen and oxygen atoms in total. The Morgan fingerprint density at radius 2 is 2.07 bits per heavy atom. The van der Waals surface area contributed by atoms with Gasteiger partial charge in [-0.25, -0.2) is 15.0 Å². The molecule has 0 fully saturated rings. The van der Waals surface area contributed by atoms with Crippen LogP contribution in [0.4, 0.5) is 0 Å². The largest absolute Gasteiger partial charge is 0.464 e. The summed E-state index contributed by atoms with van der Waals surface area (Å²) < 4.78 is 5.16. The van der Waals surface area contributed by atoms with E-state index in [0.29, 0.717) is 12.6 Å². The molecule has 78 valence electrons. The second kappa shape index (κ2) is 4.35. The zero-order valence-electron chi connectivity index (χ0n) is 8.60. The zero-order chi connectivity index (χ0) is 10.7. The van der Waals surface area contributed by atoms with Crippen LogP contribution in [0.2, 0.25) is 0 Å². The number of nitrogens with zero attached hydrogens (tertiary/aromatic N) is 3. The number of aromatic nitrogens is 3. The first-order chi connectivity index (χ1) is 7.29. The summed E-state index contributed by atoms with van der Waals surface area (Å²) in [6.07, 6.45) is 3.46. The summed E-state index contributed by atoms with van der Waals surface area (Å²) in [5, 5.41) is 3.04. The molecule has 0 atom stereocenters. The summed E-state index contributed by atoms with van der Waals surface area (Å²) in [6.45, 7) is 4.46. The molecule has 0 saturated heterocycles. The van der Waals surface area contributed by atoms with Crippen LogP contribution >= 0.6 is 11.3 Å². The van der Waals surface area contributed by atoms with Gasteiger partial charge in [0.25, 0.3) is 0 Å². The number of hydrogen-bond acceptors (Lipinski definition) is 5. The van der Waals surface area contributed by atoms with Gasteiger partial charge in [-0.1, -0.05) is 0 Å². The van der Waals surface area contributed by atoms with E-state index < -0.39 is 0 Å². The van der Waals surface area contributed by atoms with Gasteiger partial charge in [-0.3, -0.25) is 0 Å². The van der Waals surface area contributed by atoms with Crippen molar-refractivity contribution < 1.29 is 4.74 Å². The van der Waals surface area contributed by atoms with Crippen molar-refractivity contribution in [2.75, 3.05) is 6.61 Å². The Hall–Kier alpha value is -1.49. The van der Waals surface area contributed by atoms with Crippen LogP contribution in [0.3, 0.4) is 0 Å². The average molecular weight is 221 g/mol. The molecular formula is C10H11N3OS. The first-order valence-electron chi connectivity index (χ1n) is 4.67. The number of ether oxygens (including phenoxy) is 1. The molecule has 15 heavy (non-hydrogen) atoms. The normalized spacial score (nSPS) is 10.3. The van der Waals surface area contributed by atoms with Crippen molar-refractivity contribution in [1.82, 2.24) is 15.0 Å². The van der Waals surface area contributed by atoms with Crippen molar-refractivity contribution in [2.24, 2.45) is 0 Å². The predicted octanol–water partition coefficient (Wildman–Crippen LogP) is 2.31. The van der Waals surface area contributed by atoms with E-state index in [1.54, 1.807) is 23.7 Å². The Morgan fingerprint density at radius 1 is 1.33 bits per heavy atom. The first-order valence-corrected chi connectivity index (χ1v) is 5.55. The van der Waals surface area contributed by atoms with Crippen LogP contribution in [-0.4, -0.2) is 21.6 Å². The van der Waals surface area contributed by atoms with Crippen LogP contribution < -0.4 is 4.74 Å². The maximum atomic E-state index is 5.16. The van der Waals surface area contributed by atoms with Crippen LogP contribution in [0, 0.1) is 6.92 Å². The molecule has 0 unspecified atom stereocenters. The van der Waals surface area contributed by atoms with Crippen molar-refractivity contribution >= 4 is 11.3 Å². The lowest BCUT2D eigenvalue weighted by Crippen LogP contribution is -1.96. The molecule has 0 N–H and O–H groups in total. The van der Waals surface area contributed by atoms with Gasteiger partial charge in [0.15, 0.2) is 0 Å².